The van der Waals surface area contributed by atoms with Gasteiger partial charge in [-0.3, -0.25) is 9.59 Å². The normalized spacial score (nSPS) is 10.9. The van der Waals surface area contributed by atoms with Gasteiger partial charge in [0, 0.05) is 26.0 Å². The van der Waals surface area contributed by atoms with E-state index in [4.69, 9.17) is 0 Å². The molecule has 1 aromatic carbocycles. The molecule has 0 fully saturated rings. The third kappa shape index (κ3) is 4.10. The fourth-order valence-corrected chi connectivity index (χ4v) is 1.29. The number of rotatable bonds is 4. The first-order chi connectivity index (χ1) is 8.00. The molecule has 0 aliphatic heterocycles. The smallest absolute Gasteiger partial charge is 0.260 e. The Bertz CT molecular complexity index is 436. The van der Waals surface area contributed by atoms with E-state index in [9.17, 15) is 9.59 Å². The van der Waals surface area contributed by atoms with E-state index in [-0.39, 0.29) is 11.4 Å². The average Bonchev–Trinajstić information content (AvgIpc) is 2.26. The minimum Gasteiger partial charge on any atom is -0.383 e. The zero-order chi connectivity index (χ0) is 12.8. The van der Waals surface area contributed by atoms with Gasteiger partial charge in [-0.2, -0.15) is 0 Å². The first-order valence-electron chi connectivity index (χ1n) is 5.26. The predicted molar refractivity (Wildman–Crippen MR) is 67.5 cm³/mol. The average molecular weight is 232 g/mol. The lowest BCUT2D eigenvalue weighted by Gasteiger charge is -2.10. The molecule has 0 aromatic heterocycles. The van der Waals surface area contributed by atoms with Gasteiger partial charge in [0.15, 0.2) is 5.78 Å². The van der Waals surface area contributed by atoms with Gasteiger partial charge in [0.25, 0.3) is 5.91 Å². The van der Waals surface area contributed by atoms with Crippen LogP contribution in [-0.4, -0.2) is 30.7 Å². The first kappa shape index (κ1) is 13.0. The number of carbonyl (C=O) groups excluding carboxylic acids is 2. The number of benzene rings is 1. The van der Waals surface area contributed by atoms with Crippen molar-refractivity contribution in [3.63, 3.8) is 0 Å². The largest absolute Gasteiger partial charge is 0.383 e. The molecule has 0 atom stereocenters. The van der Waals surface area contributed by atoms with E-state index in [2.05, 4.69) is 5.32 Å². The quantitative estimate of drug-likeness (QED) is 0.488. The maximum Gasteiger partial charge on any atom is 0.260 e. The van der Waals surface area contributed by atoms with Gasteiger partial charge in [-0.15, -0.1) is 0 Å². The summed E-state index contributed by atoms with van der Waals surface area (Å²) in [6, 6.07) is 9.03. The highest BCUT2D eigenvalue weighted by Crippen LogP contribution is 2.08. The van der Waals surface area contributed by atoms with Gasteiger partial charge in [0.1, 0.15) is 0 Å². The number of amides is 1. The maximum atomic E-state index is 11.9. The molecule has 0 aliphatic rings. The molecule has 0 aliphatic carbocycles. The van der Waals surface area contributed by atoms with Crippen molar-refractivity contribution in [3.05, 3.63) is 42.1 Å². The van der Waals surface area contributed by atoms with Crippen LogP contribution in [0.5, 0.6) is 0 Å². The molecular weight excluding hydrogens is 216 g/mol. The Morgan fingerprint density at radius 1 is 1.18 bits per heavy atom. The first-order valence-corrected chi connectivity index (χ1v) is 5.26. The Morgan fingerprint density at radius 2 is 1.76 bits per heavy atom. The maximum absolute atomic E-state index is 11.9. The number of ketones is 1. The number of hydrogen-bond acceptors (Lipinski definition) is 3. The summed E-state index contributed by atoms with van der Waals surface area (Å²) < 4.78 is 0. The monoisotopic (exact) mass is 232 g/mol. The highest BCUT2D eigenvalue weighted by atomic mass is 16.2. The van der Waals surface area contributed by atoms with Crippen molar-refractivity contribution in [2.75, 3.05) is 19.4 Å². The summed E-state index contributed by atoms with van der Waals surface area (Å²) in [5.41, 5.74) is 0.808. The van der Waals surface area contributed by atoms with Crippen LogP contribution in [0.2, 0.25) is 0 Å². The van der Waals surface area contributed by atoms with Crippen LogP contribution >= 0.6 is 0 Å². The number of nitrogens with zero attached hydrogens (tertiary/aromatic N) is 1. The van der Waals surface area contributed by atoms with E-state index >= 15 is 0 Å². The van der Waals surface area contributed by atoms with Crippen LogP contribution in [0.4, 0.5) is 5.69 Å². The summed E-state index contributed by atoms with van der Waals surface area (Å²) in [5.74, 6) is -0.649. The minimum atomic E-state index is -0.391. The lowest BCUT2D eigenvalue weighted by Crippen LogP contribution is -2.21. The Morgan fingerprint density at radius 3 is 2.24 bits per heavy atom. The SMILES string of the molecule is CC(=O)/C(=C/N(C)C)C(=O)Nc1ccccc1. The third-order valence-corrected chi connectivity index (χ3v) is 2.04. The van der Waals surface area contributed by atoms with Crippen LogP contribution in [0.15, 0.2) is 42.1 Å². The van der Waals surface area contributed by atoms with Crippen LogP contribution in [-0.2, 0) is 9.59 Å². The van der Waals surface area contributed by atoms with Gasteiger partial charge in [-0.1, -0.05) is 18.2 Å². The van der Waals surface area contributed by atoms with Gasteiger partial charge in [0.2, 0.25) is 0 Å². The van der Waals surface area contributed by atoms with Crippen molar-refractivity contribution in [1.29, 1.82) is 0 Å². The van der Waals surface area contributed by atoms with E-state index in [1.54, 1.807) is 31.1 Å². The van der Waals surface area contributed by atoms with E-state index in [1.165, 1.54) is 13.1 Å². The number of nitrogens with one attached hydrogen (secondary N) is 1. The van der Waals surface area contributed by atoms with Crippen LogP contribution in [0.25, 0.3) is 0 Å². The van der Waals surface area contributed by atoms with Gasteiger partial charge in [-0.25, -0.2) is 0 Å². The lowest BCUT2D eigenvalue weighted by atomic mass is 10.2. The summed E-state index contributed by atoms with van der Waals surface area (Å²) >= 11 is 0. The van der Waals surface area contributed by atoms with Gasteiger partial charge < -0.3 is 10.2 Å². The van der Waals surface area contributed by atoms with Gasteiger partial charge >= 0.3 is 0 Å². The molecule has 1 aromatic rings. The zero-order valence-electron chi connectivity index (χ0n) is 10.2. The summed E-state index contributed by atoms with van der Waals surface area (Å²) in [6.07, 6.45) is 1.51. The molecule has 1 N–H and O–H groups in total. The molecule has 0 radical (unpaired) electrons. The second-order valence-electron chi connectivity index (χ2n) is 3.88. The lowest BCUT2D eigenvalue weighted by molar-refractivity contribution is -0.119. The van der Waals surface area contributed by atoms with Crippen LogP contribution in [0.3, 0.4) is 0 Å². The number of carbonyl (C=O) groups is 2. The highest BCUT2D eigenvalue weighted by molar-refractivity contribution is 6.22. The Labute approximate surface area is 101 Å². The Balaban J connectivity index is 2.84. The fourth-order valence-electron chi connectivity index (χ4n) is 1.29. The number of hydrogen-bond donors (Lipinski definition) is 1. The molecule has 4 heteroatoms. The highest BCUT2D eigenvalue weighted by Gasteiger charge is 2.14. The Kier molecular flexibility index (Phi) is 4.46. The van der Waals surface area contributed by atoms with Crippen molar-refractivity contribution in [1.82, 2.24) is 4.90 Å². The second-order valence-corrected chi connectivity index (χ2v) is 3.88. The molecule has 1 rings (SSSR count). The molecule has 0 heterocycles. The predicted octanol–water partition coefficient (Wildman–Crippen LogP) is 1.66. The number of anilines is 1. The van der Waals surface area contributed by atoms with Crippen molar-refractivity contribution >= 4 is 17.4 Å². The number of para-hydroxylation sites is 1. The molecule has 0 bridgehead atoms. The van der Waals surface area contributed by atoms with Crippen molar-refractivity contribution in [2.45, 2.75) is 6.92 Å². The summed E-state index contributed by atoms with van der Waals surface area (Å²) in [4.78, 5) is 24.9. The summed E-state index contributed by atoms with van der Waals surface area (Å²) in [7, 11) is 3.53. The summed E-state index contributed by atoms with van der Waals surface area (Å²) in [6.45, 7) is 1.37. The van der Waals surface area contributed by atoms with E-state index in [0.29, 0.717) is 5.69 Å². The van der Waals surface area contributed by atoms with E-state index in [0.717, 1.165) is 0 Å². The minimum absolute atomic E-state index is 0.138. The van der Waals surface area contributed by atoms with E-state index in [1.807, 2.05) is 18.2 Å². The topological polar surface area (TPSA) is 49.4 Å². The molecule has 90 valence electrons. The van der Waals surface area contributed by atoms with Crippen LogP contribution in [0, 0.1) is 0 Å². The van der Waals surface area contributed by atoms with Crippen LogP contribution < -0.4 is 5.32 Å². The van der Waals surface area contributed by atoms with Crippen molar-refractivity contribution in [3.8, 4) is 0 Å². The van der Waals surface area contributed by atoms with Crippen molar-refractivity contribution < 1.29 is 9.59 Å². The molecule has 0 unspecified atom stereocenters. The Hall–Kier alpha value is -2.10. The molecule has 0 spiro atoms. The fraction of sp³-hybridized carbons (Fsp3) is 0.231. The van der Waals surface area contributed by atoms with Crippen LogP contribution in [0.1, 0.15) is 6.92 Å². The van der Waals surface area contributed by atoms with E-state index < -0.39 is 5.91 Å². The van der Waals surface area contributed by atoms with Gasteiger partial charge in [-0.05, 0) is 19.1 Å². The molecule has 0 saturated heterocycles. The zero-order valence-corrected chi connectivity index (χ0v) is 10.2. The van der Waals surface area contributed by atoms with Crippen molar-refractivity contribution in [2.24, 2.45) is 0 Å². The molecule has 4 nitrogen and oxygen atoms in total. The molecule has 0 saturated carbocycles. The molecular formula is C13H16N2O2. The molecule has 1 amide bonds. The number of Topliss-reactive ketones (excluding diaryl/α,β-unsaturated/α-hetero) is 1. The van der Waals surface area contributed by atoms with Gasteiger partial charge in [0.05, 0.1) is 5.57 Å². The summed E-state index contributed by atoms with van der Waals surface area (Å²) in [5, 5.41) is 2.67. The molecule has 17 heavy (non-hydrogen) atoms. The second kappa shape index (κ2) is 5.84. The third-order valence-electron chi connectivity index (χ3n) is 2.04. The standard InChI is InChI=1S/C13H16N2O2/c1-10(16)12(9-15(2)3)13(17)14-11-7-5-4-6-8-11/h4-9H,1-3H3,(H,14,17)/b12-9-.